The Kier molecular flexibility index (Phi) is 4.03. The summed E-state index contributed by atoms with van der Waals surface area (Å²) in [5.74, 6) is 0.677. The van der Waals surface area contributed by atoms with E-state index in [1.54, 1.807) is 18.3 Å². The Balaban J connectivity index is 1.98. The number of halogens is 1. The molecule has 0 bridgehead atoms. The number of hydrogen-bond acceptors (Lipinski definition) is 6. The molecular formula is C12H14ClN5O. The number of nitrogens with zero attached hydrogens (tertiary/aromatic N) is 2. The van der Waals surface area contributed by atoms with Gasteiger partial charge in [-0.2, -0.15) is 4.98 Å². The van der Waals surface area contributed by atoms with Crippen molar-refractivity contribution in [1.29, 1.82) is 0 Å². The maximum atomic E-state index is 9.39. The summed E-state index contributed by atoms with van der Waals surface area (Å²) in [7, 11) is 0. The van der Waals surface area contributed by atoms with Crippen molar-refractivity contribution < 1.29 is 5.11 Å². The molecule has 6 nitrogen and oxygen atoms in total. The lowest BCUT2D eigenvalue weighted by Gasteiger charge is -2.08. The van der Waals surface area contributed by atoms with E-state index in [2.05, 4.69) is 15.3 Å². The van der Waals surface area contributed by atoms with E-state index < -0.39 is 0 Å². The highest BCUT2D eigenvalue weighted by molar-refractivity contribution is 6.31. The molecule has 2 rings (SSSR count). The number of nitrogens with one attached hydrogen (secondary N) is 1. The van der Waals surface area contributed by atoms with Crippen molar-refractivity contribution in [3.8, 4) is 5.75 Å². The highest BCUT2D eigenvalue weighted by Gasteiger charge is 2.04. The normalized spacial score (nSPS) is 10.6. The summed E-state index contributed by atoms with van der Waals surface area (Å²) >= 11 is 6.01. The SMILES string of the molecule is Nc1ncc(CNCc2cc(O)ccc2Cl)c(N)n1. The number of phenols is 1. The second-order valence-corrected chi connectivity index (χ2v) is 4.43. The third-order valence-electron chi connectivity index (χ3n) is 2.58. The highest BCUT2D eigenvalue weighted by Crippen LogP contribution is 2.21. The zero-order chi connectivity index (χ0) is 13.8. The van der Waals surface area contributed by atoms with E-state index in [0.717, 1.165) is 11.1 Å². The zero-order valence-corrected chi connectivity index (χ0v) is 10.9. The van der Waals surface area contributed by atoms with Crippen LogP contribution >= 0.6 is 11.6 Å². The quantitative estimate of drug-likeness (QED) is 0.671. The van der Waals surface area contributed by atoms with Crippen molar-refractivity contribution >= 4 is 23.4 Å². The summed E-state index contributed by atoms with van der Waals surface area (Å²) in [6, 6.07) is 4.80. The predicted octanol–water partition coefficient (Wildman–Crippen LogP) is 1.29. The van der Waals surface area contributed by atoms with Gasteiger partial charge >= 0.3 is 0 Å². The van der Waals surface area contributed by atoms with Gasteiger partial charge in [-0.1, -0.05) is 11.6 Å². The molecule has 1 heterocycles. The number of nitrogens with two attached hydrogens (primary N) is 2. The lowest BCUT2D eigenvalue weighted by molar-refractivity contribution is 0.474. The van der Waals surface area contributed by atoms with Crippen LogP contribution in [-0.2, 0) is 13.1 Å². The van der Waals surface area contributed by atoms with Crippen molar-refractivity contribution in [3.05, 3.63) is 40.5 Å². The van der Waals surface area contributed by atoms with Gasteiger partial charge in [-0.05, 0) is 23.8 Å². The molecule has 0 saturated carbocycles. The first kappa shape index (κ1) is 13.4. The molecule has 0 fully saturated rings. The summed E-state index contributed by atoms with van der Waals surface area (Å²) in [6.07, 6.45) is 1.58. The molecule has 2 aromatic rings. The number of phenolic OH excluding ortho intramolecular Hbond substituents is 1. The third-order valence-corrected chi connectivity index (χ3v) is 2.95. The van der Waals surface area contributed by atoms with Gasteiger partial charge in [0.05, 0.1) is 0 Å². The van der Waals surface area contributed by atoms with Crippen LogP contribution in [0.5, 0.6) is 5.75 Å². The van der Waals surface area contributed by atoms with Crippen molar-refractivity contribution in [2.75, 3.05) is 11.5 Å². The first-order chi connectivity index (χ1) is 9.06. The van der Waals surface area contributed by atoms with Crippen LogP contribution in [0, 0.1) is 0 Å². The van der Waals surface area contributed by atoms with E-state index in [0.29, 0.717) is 23.9 Å². The number of aromatic hydroxyl groups is 1. The van der Waals surface area contributed by atoms with Crippen LogP contribution in [0.4, 0.5) is 11.8 Å². The van der Waals surface area contributed by atoms with Gasteiger partial charge < -0.3 is 21.9 Å². The van der Waals surface area contributed by atoms with Crippen LogP contribution in [-0.4, -0.2) is 15.1 Å². The molecule has 0 aliphatic rings. The Labute approximate surface area is 115 Å². The minimum Gasteiger partial charge on any atom is -0.508 e. The fraction of sp³-hybridized carbons (Fsp3) is 0.167. The number of benzene rings is 1. The molecule has 0 radical (unpaired) electrons. The Morgan fingerprint density at radius 2 is 1.95 bits per heavy atom. The van der Waals surface area contributed by atoms with Gasteiger partial charge in [-0.3, -0.25) is 0 Å². The van der Waals surface area contributed by atoms with Gasteiger partial charge in [-0.15, -0.1) is 0 Å². The molecule has 0 atom stereocenters. The Hall–Kier alpha value is -2.05. The summed E-state index contributed by atoms with van der Waals surface area (Å²) in [6.45, 7) is 0.981. The van der Waals surface area contributed by atoms with Crippen molar-refractivity contribution in [3.63, 3.8) is 0 Å². The molecular weight excluding hydrogens is 266 g/mol. The molecule has 6 N–H and O–H groups in total. The maximum Gasteiger partial charge on any atom is 0.221 e. The minimum absolute atomic E-state index is 0.150. The molecule has 0 aliphatic heterocycles. The average Bonchev–Trinajstić information content (AvgIpc) is 2.36. The topological polar surface area (TPSA) is 110 Å². The van der Waals surface area contributed by atoms with E-state index in [1.165, 1.54) is 6.07 Å². The van der Waals surface area contributed by atoms with Gasteiger partial charge in [0.25, 0.3) is 0 Å². The number of anilines is 2. The number of hydrogen-bond donors (Lipinski definition) is 4. The fourth-order valence-corrected chi connectivity index (χ4v) is 1.78. The largest absolute Gasteiger partial charge is 0.508 e. The zero-order valence-electron chi connectivity index (χ0n) is 10.1. The van der Waals surface area contributed by atoms with Gasteiger partial charge in [0.15, 0.2) is 0 Å². The molecule has 0 spiro atoms. The van der Waals surface area contributed by atoms with E-state index in [-0.39, 0.29) is 11.7 Å². The fourth-order valence-electron chi connectivity index (χ4n) is 1.60. The van der Waals surface area contributed by atoms with Gasteiger partial charge in [0.2, 0.25) is 5.95 Å². The van der Waals surface area contributed by atoms with E-state index in [1.807, 2.05) is 0 Å². The van der Waals surface area contributed by atoms with Crippen LogP contribution in [0.25, 0.3) is 0 Å². The number of aromatic nitrogens is 2. The van der Waals surface area contributed by atoms with Crippen LogP contribution in [0.15, 0.2) is 24.4 Å². The number of nitrogen functional groups attached to an aromatic ring is 2. The van der Waals surface area contributed by atoms with Crippen molar-refractivity contribution in [1.82, 2.24) is 15.3 Å². The molecule has 7 heteroatoms. The first-order valence-corrected chi connectivity index (χ1v) is 5.99. The number of rotatable bonds is 4. The van der Waals surface area contributed by atoms with Crippen LogP contribution < -0.4 is 16.8 Å². The molecule has 0 saturated heterocycles. The van der Waals surface area contributed by atoms with Gasteiger partial charge in [-0.25, -0.2) is 4.98 Å². The second kappa shape index (κ2) is 5.73. The summed E-state index contributed by atoms with van der Waals surface area (Å²) in [4.78, 5) is 7.75. The molecule has 0 unspecified atom stereocenters. The Bertz CT molecular complexity index is 590. The Morgan fingerprint density at radius 3 is 2.68 bits per heavy atom. The summed E-state index contributed by atoms with van der Waals surface area (Å²) in [5, 5.41) is 13.1. The average molecular weight is 280 g/mol. The molecule has 19 heavy (non-hydrogen) atoms. The smallest absolute Gasteiger partial charge is 0.221 e. The molecule has 0 amide bonds. The van der Waals surface area contributed by atoms with Crippen molar-refractivity contribution in [2.45, 2.75) is 13.1 Å². The molecule has 1 aromatic heterocycles. The molecule has 0 aliphatic carbocycles. The summed E-state index contributed by atoms with van der Waals surface area (Å²) < 4.78 is 0. The van der Waals surface area contributed by atoms with Crippen molar-refractivity contribution in [2.24, 2.45) is 0 Å². The standard InChI is InChI=1S/C12H14ClN5O/c13-10-2-1-9(19)3-7(10)4-16-5-8-6-17-12(15)18-11(8)14/h1-3,6,16,19H,4-5H2,(H4,14,15,17,18). The van der Waals surface area contributed by atoms with E-state index in [4.69, 9.17) is 23.1 Å². The molecule has 100 valence electrons. The highest BCUT2D eigenvalue weighted by atomic mass is 35.5. The molecule has 1 aromatic carbocycles. The van der Waals surface area contributed by atoms with Gasteiger partial charge in [0, 0.05) is 29.9 Å². The van der Waals surface area contributed by atoms with Crippen LogP contribution in [0.2, 0.25) is 5.02 Å². The maximum absolute atomic E-state index is 9.39. The second-order valence-electron chi connectivity index (χ2n) is 4.02. The summed E-state index contributed by atoms with van der Waals surface area (Å²) in [5.41, 5.74) is 12.7. The lowest BCUT2D eigenvalue weighted by Crippen LogP contribution is -2.15. The Morgan fingerprint density at radius 1 is 1.21 bits per heavy atom. The van der Waals surface area contributed by atoms with E-state index in [9.17, 15) is 5.11 Å². The van der Waals surface area contributed by atoms with Crippen LogP contribution in [0.1, 0.15) is 11.1 Å². The third kappa shape index (κ3) is 3.46. The minimum atomic E-state index is 0.150. The predicted molar refractivity (Wildman–Crippen MR) is 74.5 cm³/mol. The first-order valence-electron chi connectivity index (χ1n) is 5.61. The van der Waals surface area contributed by atoms with Crippen LogP contribution in [0.3, 0.4) is 0 Å². The van der Waals surface area contributed by atoms with Gasteiger partial charge in [0.1, 0.15) is 11.6 Å². The van der Waals surface area contributed by atoms with E-state index >= 15 is 0 Å². The lowest BCUT2D eigenvalue weighted by atomic mass is 10.2. The monoisotopic (exact) mass is 279 g/mol.